The largest absolute Gasteiger partial charge is 0.481 e. The molecule has 0 saturated carbocycles. The highest BCUT2D eigenvalue weighted by molar-refractivity contribution is 7.95. The second-order valence-electron chi connectivity index (χ2n) is 4.91. The standard InChI is InChI=1S/C13H14O4S/c1-8-7-9-5-4-6-10(11(9)18(8,16)17)13(2,3)12(14)15/h4-7H,1-3H3,(H,14,15). The number of carboxylic acids is 1. The van der Waals surface area contributed by atoms with E-state index in [1.54, 1.807) is 24.3 Å². The summed E-state index contributed by atoms with van der Waals surface area (Å²) in [6.45, 7) is 4.54. The minimum Gasteiger partial charge on any atom is -0.481 e. The topological polar surface area (TPSA) is 71.4 Å². The first-order valence-electron chi connectivity index (χ1n) is 5.49. The first kappa shape index (κ1) is 12.8. The number of allylic oxidation sites excluding steroid dienone is 1. The van der Waals surface area contributed by atoms with Crippen molar-refractivity contribution in [2.75, 3.05) is 0 Å². The molecule has 1 aromatic carbocycles. The van der Waals surface area contributed by atoms with Crippen molar-refractivity contribution < 1.29 is 18.3 Å². The van der Waals surface area contributed by atoms with Crippen LogP contribution in [0.4, 0.5) is 0 Å². The van der Waals surface area contributed by atoms with E-state index in [9.17, 15) is 18.3 Å². The summed E-state index contributed by atoms with van der Waals surface area (Å²) >= 11 is 0. The number of carboxylic acid groups (broad SMARTS) is 1. The molecule has 0 radical (unpaired) electrons. The van der Waals surface area contributed by atoms with Crippen LogP contribution in [-0.4, -0.2) is 19.5 Å². The van der Waals surface area contributed by atoms with E-state index in [-0.39, 0.29) is 9.80 Å². The molecule has 0 atom stereocenters. The van der Waals surface area contributed by atoms with Crippen molar-refractivity contribution in [3.63, 3.8) is 0 Å². The summed E-state index contributed by atoms with van der Waals surface area (Å²) in [7, 11) is -3.53. The van der Waals surface area contributed by atoms with Crippen LogP contribution in [0.3, 0.4) is 0 Å². The van der Waals surface area contributed by atoms with E-state index in [4.69, 9.17) is 0 Å². The van der Waals surface area contributed by atoms with Gasteiger partial charge in [0.05, 0.1) is 10.3 Å². The van der Waals surface area contributed by atoms with Crippen molar-refractivity contribution in [3.8, 4) is 0 Å². The molecule has 0 spiro atoms. The monoisotopic (exact) mass is 266 g/mol. The Hall–Kier alpha value is -1.62. The average molecular weight is 266 g/mol. The smallest absolute Gasteiger partial charge is 0.313 e. The number of hydrogen-bond acceptors (Lipinski definition) is 3. The number of sulfone groups is 1. The molecule has 4 nitrogen and oxygen atoms in total. The van der Waals surface area contributed by atoms with Crippen LogP contribution in [0.1, 0.15) is 31.9 Å². The second kappa shape index (κ2) is 3.68. The zero-order chi connectivity index (χ0) is 13.7. The van der Waals surface area contributed by atoms with Crippen LogP contribution >= 0.6 is 0 Å². The van der Waals surface area contributed by atoms with Crippen molar-refractivity contribution in [3.05, 3.63) is 34.2 Å². The van der Waals surface area contributed by atoms with Crippen molar-refractivity contribution in [1.29, 1.82) is 0 Å². The van der Waals surface area contributed by atoms with E-state index >= 15 is 0 Å². The van der Waals surface area contributed by atoms with Crippen molar-refractivity contribution in [1.82, 2.24) is 0 Å². The second-order valence-corrected chi connectivity index (χ2v) is 6.97. The van der Waals surface area contributed by atoms with E-state index < -0.39 is 21.2 Å². The maximum absolute atomic E-state index is 12.2. The highest BCUT2D eigenvalue weighted by atomic mass is 32.2. The summed E-state index contributed by atoms with van der Waals surface area (Å²) in [6, 6.07) is 4.94. The van der Waals surface area contributed by atoms with E-state index in [0.29, 0.717) is 11.1 Å². The van der Waals surface area contributed by atoms with Crippen LogP contribution in [-0.2, 0) is 20.0 Å². The zero-order valence-corrected chi connectivity index (χ0v) is 11.2. The van der Waals surface area contributed by atoms with Gasteiger partial charge in [0.15, 0.2) is 0 Å². The average Bonchev–Trinajstić information content (AvgIpc) is 2.50. The highest BCUT2D eigenvalue weighted by Gasteiger charge is 2.38. The summed E-state index contributed by atoms with van der Waals surface area (Å²) in [6.07, 6.45) is 1.58. The molecule has 0 saturated heterocycles. The predicted octanol–water partition coefficient (Wildman–Crippen LogP) is 2.20. The van der Waals surface area contributed by atoms with E-state index in [2.05, 4.69) is 0 Å². The predicted molar refractivity (Wildman–Crippen MR) is 67.9 cm³/mol. The van der Waals surface area contributed by atoms with Crippen LogP contribution in [0, 0.1) is 0 Å². The fraction of sp³-hybridized carbons (Fsp3) is 0.308. The molecular weight excluding hydrogens is 252 g/mol. The molecule has 18 heavy (non-hydrogen) atoms. The first-order valence-corrected chi connectivity index (χ1v) is 6.97. The van der Waals surface area contributed by atoms with Gasteiger partial charge in [-0.15, -0.1) is 0 Å². The fourth-order valence-electron chi connectivity index (χ4n) is 2.03. The minimum atomic E-state index is -3.53. The van der Waals surface area contributed by atoms with Gasteiger partial charge in [0.1, 0.15) is 0 Å². The number of rotatable bonds is 2. The summed E-state index contributed by atoms with van der Waals surface area (Å²) < 4.78 is 24.4. The normalized spacial score (nSPS) is 17.2. The molecule has 1 N–H and O–H groups in total. The lowest BCUT2D eigenvalue weighted by Crippen LogP contribution is -2.30. The van der Waals surface area contributed by atoms with Gasteiger partial charge in [-0.25, -0.2) is 8.42 Å². The molecule has 0 amide bonds. The SMILES string of the molecule is CC1=Cc2cccc(C(C)(C)C(=O)O)c2S1(=O)=O. The van der Waals surface area contributed by atoms with Gasteiger partial charge >= 0.3 is 5.97 Å². The lowest BCUT2D eigenvalue weighted by Gasteiger charge is -2.22. The lowest BCUT2D eigenvalue weighted by atomic mass is 9.84. The van der Waals surface area contributed by atoms with Gasteiger partial charge in [0.2, 0.25) is 9.84 Å². The molecule has 1 aliphatic rings. The van der Waals surface area contributed by atoms with Gasteiger partial charge in [0.25, 0.3) is 0 Å². The summed E-state index contributed by atoms with van der Waals surface area (Å²) in [5, 5.41) is 9.25. The molecule has 0 bridgehead atoms. The third-order valence-electron chi connectivity index (χ3n) is 3.30. The molecule has 5 heteroatoms. The van der Waals surface area contributed by atoms with E-state index in [0.717, 1.165) is 0 Å². The summed E-state index contributed by atoms with van der Waals surface area (Å²) in [5.74, 6) is -1.05. The Kier molecular flexibility index (Phi) is 2.63. The van der Waals surface area contributed by atoms with Crippen molar-refractivity contribution >= 4 is 21.9 Å². The maximum Gasteiger partial charge on any atom is 0.313 e. The Bertz CT molecular complexity index is 666. The van der Waals surface area contributed by atoms with Gasteiger partial charge in [0, 0.05) is 4.91 Å². The third-order valence-corrected chi connectivity index (χ3v) is 5.26. The van der Waals surface area contributed by atoms with E-state index in [1.807, 2.05) is 0 Å². The number of hydrogen-bond donors (Lipinski definition) is 1. The van der Waals surface area contributed by atoms with Crippen LogP contribution in [0.5, 0.6) is 0 Å². The zero-order valence-electron chi connectivity index (χ0n) is 10.4. The van der Waals surface area contributed by atoms with Gasteiger partial charge in [-0.2, -0.15) is 0 Å². The number of fused-ring (bicyclic) bond motifs is 1. The van der Waals surface area contributed by atoms with Crippen LogP contribution in [0.2, 0.25) is 0 Å². The Morgan fingerprint density at radius 3 is 2.44 bits per heavy atom. The molecule has 2 rings (SSSR count). The lowest BCUT2D eigenvalue weighted by molar-refractivity contribution is -0.142. The molecule has 0 unspecified atom stereocenters. The van der Waals surface area contributed by atoms with Crippen molar-refractivity contribution in [2.45, 2.75) is 31.1 Å². The molecule has 1 aromatic rings. The number of aliphatic carboxylic acids is 1. The molecule has 0 aliphatic carbocycles. The molecule has 1 aliphatic heterocycles. The van der Waals surface area contributed by atoms with Gasteiger partial charge in [-0.1, -0.05) is 18.2 Å². The summed E-state index contributed by atoms with van der Waals surface area (Å²) in [5.41, 5.74) is -0.337. The Balaban J connectivity index is 2.80. The highest BCUT2D eigenvalue weighted by Crippen LogP contribution is 2.39. The first-order chi connectivity index (χ1) is 8.19. The Morgan fingerprint density at radius 2 is 1.89 bits per heavy atom. The molecular formula is C13H14O4S. The van der Waals surface area contributed by atoms with Crippen LogP contribution < -0.4 is 0 Å². The third kappa shape index (κ3) is 1.58. The van der Waals surface area contributed by atoms with Gasteiger partial charge < -0.3 is 5.11 Å². The van der Waals surface area contributed by atoms with Gasteiger partial charge in [-0.05, 0) is 38.0 Å². The van der Waals surface area contributed by atoms with Crippen LogP contribution in [0.15, 0.2) is 28.0 Å². The molecule has 96 valence electrons. The molecule has 0 aromatic heterocycles. The van der Waals surface area contributed by atoms with Gasteiger partial charge in [-0.3, -0.25) is 4.79 Å². The van der Waals surface area contributed by atoms with Crippen molar-refractivity contribution in [2.24, 2.45) is 0 Å². The minimum absolute atomic E-state index is 0.134. The molecule has 0 fully saturated rings. The Labute approximate surface area is 106 Å². The number of carbonyl (C=O) groups is 1. The maximum atomic E-state index is 12.2. The fourth-order valence-corrected chi connectivity index (χ4v) is 3.69. The quantitative estimate of drug-likeness (QED) is 0.890. The Morgan fingerprint density at radius 1 is 1.28 bits per heavy atom. The number of benzene rings is 1. The summed E-state index contributed by atoms with van der Waals surface area (Å²) in [4.78, 5) is 11.7. The molecule has 1 heterocycles. The van der Waals surface area contributed by atoms with Crippen LogP contribution in [0.25, 0.3) is 6.08 Å². The van der Waals surface area contributed by atoms with E-state index in [1.165, 1.54) is 20.8 Å².